The molecule has 0 aliphatic heterocycles. The van der Waals surface area contributed by atoms with Gasteiger partial charge >= 0.3 is 0 Å². The van der Waals surface area contributed by atoms with Gasteiger partial charge in [-0.05, 0) is 55.0 Å². The van der Waals surface area contributed by atoms with Gasteiger partial charge in [-0.2, -0.15) is 0 Å². The van der Waals surface area contributed by atoms with Crippen LogP contribution < -0.4 is 5.32 Å². The average molecular weight is 369 g/mol. The predicted octanol–water partition coefficient (Wildman–Crippen LogP) is 5.02. The minimum absolute atomic E-state index is 0.251. The van der Waals surface area contributed by atoms with Gasteiger partial charge in [0.1, 0.15) is 0 Å². The molecule has 28 heavy (non-hydrogen) atoms. The van der Waals surface area contributed by atoms with E-state index in [-0.39, 0.29) is 11.6 Å². The maximum Gasteiger partial charge on any atom is 0.277 e. The first kappa shape index (κ1) is 16.7. The summed E-state index contributed by atoms with van der Waals surface area (Å²) < 4.78 is 5.46. The Hall–Kier alpha value is -3.47. The first-order valence-electron chi connectivity index (χ1n) is 9.52. The van der Waals surface area contributed by atoms with Crippen molar-refractivity contribution in [2.45, 2.75) is 25.7 Å². The Morgan fingerprint density at radius 2 is 1.82 bits per heavy atom. The van der Waals surface area contributed by atoms with Gasteiger partial charge in [-0.1, -0.05) is 35.5 Å². The lowest BCUT2D eigenvalue weighted by Crippen LogP contribution is -2.12. The van der Waals surface area contributed by atoms with Gasteiger partial charge in [0.25, 0.3) is 5.91 Å². The maximum atomic E-state index is 12.7. The van der Waals surface area contributed by atoms with Gasteiger partial charge in [0.05, 0.1) is 11.2 Å². The Labute approximate surface area is 162 Å². The van der Waals surface area contributed by atoms with Gasteiger partial charge in [-0.15, -0.1) is 0 Å². The lowest BCUT2D eigenvalue weighted by molar-refractivity contribution is 0.101. The molecule has 0 saturated heterocycles. The molecule has 5 rings (SSSR count). The number of carbonyl (C=O) groups is 1. The first-order valence-corrected chi connectivity index (χ1v) is 9.52. The molecule has 0 radical (unpaired) electrons. The number of hydrogen-bond donors (Lipinski definition) is 1. The number of rotatable bonds is 3. The number of anilines is 1. The molecule has 0 bridgehead atoms. The highest BCUT2D eigenvalue weighted by Crippen LogP contribution is 2.28. The highest BCUT2D eigenvalue weighted by atomic mass is 16.5. The molecule has 0 atom stereocenters. The third kappa shape index (κ3) is 3.05. The van der Waals surface area contributed by atoms with Gasteiger partial charge in [0, 0.05) is 23.2 Å². The molecule has 2 heterocycles. The van der Waals surface area contributed by atoms with Crippen LogP contribution in [0.3, 0.4) is 0 Å². The van der Waals surface area contributed by atoms with Crippen molar-refractivity contribution >= 4 is 22.5 Å². The number of aryl methyl sites for hydroxylation is 2. The van der Waals surface area contributed by atoms with Crippen LogP contribution in [-0.4, -0.2) is 16.0 Å². The molecule has 2 aromatic carbocycles. The lowest BCUT2D eigenvalue weighted by atomic mass is 9.90. The molecule has 5 heteroatoms. The van der Waals surface area contributed by atoms with Crippen molar-refractivity contribution in [2.75, 3.05) is 5.32 Å². The number of nitrogens with zero attached hydrogens (tertiary/aromatic N) is 2. The first-order chi connectivity index (χ1) is 13.8. The molecule has 5 nitrogen and oxygen atoms in total. The number of pyridine rings is 1. The molecule has 138 valence electrons. The van der Waals surface area contributed by atoms with Crippen molar-refractivity contribution in [1.29, 1.82) is 0 Å². The van der Waals surface area contributed by atoms with Gasteiger partial charge in [-0.3, -0.25) is 9.78 Å². The fourth-order valence-electron chi connectivity index (χ4n) is 3.80. The van der Waals surface area contributed by atoms with Crippen LogP contribution in [0.2, 0.25) is 0 Å². The average Bonchev–Trinajstić information content (AvgIpc) is 3.24. The zero-order valence-corrected chi connectivity index (χ0v) is 15.3. The standard InChI is InChI=1S/C23H19N3O2/c27-23(25-19-9-3-7-16-8-4-12-24-22(16)19)20-14-21(28-26-20)18-11-10-15-5-1-2-6-17(15)13-18/h3-4,7-14H,1-2,5-6H2,(H,25,27). The predicted molar refractivity (Wildman–Crippen MR) is 108 cm³/mol. The summed E-state index contributed by atoms with van der Waals surface area (Å²) in [5.41, 5.74) is 5.39. The largest absolute Gasteiger partial charge is 0.355 e. The van der Waals surface area contributed by atoms with Crippen LogP contribution in [0.15, 0.2) is 65.3 Å². The van der Waals surface area contributed by atoms with Crippen LogP contribution in [0, 0.1) is 0 Å². The molecule has 1 N–H and O–H groups in total. The number of para-hydroxylation sites is 1. The molecular formula is C23H19N3O2. The van der Waals surface area contributed by atoms with E-state index in [1.807, 2.05) is 36.4 Å². The van der Waals surface area contributed by atoms with E-state index in [9.17, 15) is 4.79 Å². The van der Waals surface area contributed by atoms with Gasteiger partial charge in [-0.25, -0.2) is 0 Å². The summed E-state index contributed by atoms with van der Waals surface area (Å²) in [4.78, 5) is 17.0. The van der Waals surface area contributed by atoms with E-state index in [1.54, 1.807) is 12.3 Å². The van der Waals surface area contributed by atoms with Crippen molar-refractivity contribution in [3.63, 3.8) is 0 Å². The summed E-state index contributed by atoms with van der Waals surface area (Å²) >= 11 is 0. The molecule has 1 aliphatic rings. The monoisotopic (exact) mass is 369 g/mol. The van der Waals surface area contributed by atoms with Crippen molar-refractivity contribution in [2.24, 2.45) is 0 Å². The van der Waals surface area contributed by atoms with Crippen LogP contribution in [-0.2, 0) is 12.8 Å². The highest BCUT2D eigenvalue weighted by molar-refractivity contribution is 6.07. The fraction of sp³-hybridized carbons (Fsp3) is 0.174. The van der Waals surface area contributed by atoms with E-state index >= 15 is 0 Å². The van der Waals surface area contributed by atoms with E-state index in [1.165, 1.54) is 24.0 Å². The van der Waals surface area contributed by atoms with Crippen molar-refractivity contribution in [1.82, 2.24) is 10.1 Å². The molecule has 2 aromatic heterocycles. The summed E-state index contributed by atoms with van der Waals surface area (Å²) in [5, 5.41) is 7.83. The third-order valence-electron chi connectivity index (χ3n) is 5.26. The number of amides is 1. The Morgan fingerprint density at radius 3 is 2.75 bits per heavy atom. The molecule has 0 unspecified atom stereocenters. The second-order valence-corrected chi connectivity index (χ2v) is 7.10. The number of nitrogens with one attached hydrogen (secondary N) is 1. The van der Waals surface area contributed by atoms with E-state index < -0.39 is 0 Å². The SMILES string of the molecule is O=C(Nc1cccc2cccnc12)c1cc(-c2ccc3c(c2)CCCC3)on1. The number of hydrogen-bond acceptors (Lipinski definition) is 4. The molecule has 0 saturated carbocycles. The van der Waals surface area contributed by atoms with Crippen LogP contribution in [0.1, 0.15) is 34.5 Å². The van der Waals surface area contributed by atoms with Crippen molar-refractivity contribution in [3.8, 4) is 11.3 Å². The number of benzene rings is 2. The van der Waals surface area contributed by atoms with E-state index in [0.29, 0.717) is 11.4 Å². The summed E-state index contributed by atoms with van der Waals surface area (Å²) in [7, 11) is 0. The molecule has 1 amide bonds. The molecule has 1 aliphatic carbocycles. The Bertz CT molecular complexity index is 1170. The third-order valence-corrected chi connectivity index (χ3v) is 5.26. The quantitative estimate of drug-likeness (QED) is 0.550. The number of fused-ring (bicyclic) bond motifs is 2. The Balaban J connectivity index is 1.40. The smallest absolute Gasteiger partial charge is 0.277 e. The maximum absolute atomic E-state index is 12.7. The Morgan fingerprint density at radius 1 is 0.964 bits per heavy atom. The zero-order chi connectivity index (χ0) is 18.9. The van der Waals surface area contributed by atoms with Crippen molar-refractivity contribution < 1.29 is 9.32 Å². The van der Waals surface area contributed by atoms with Crippen LogP contribution in [0.5, 0.6) is 0 Å². The van der Waals surface area contributed by atoms with Crippen molar-refractivity contribution in [3.05, 3.63) is 77.6 Å². The summed E-state index contributed by atoms with van der Waals surface area (Å²) in [6, 6.07) is 17.6. The summed E-state index contributed by atoms with van der Waals surface area (Å²) in [5.74, 6) is 0.292. The fourth-order valence-corrected chi connectivity index (χ4v) is 3.80. The number of aromatic nitrogens is 2. The minimum Gasteiger partial charge on any atom is -0.355 e. The summed E-state index contributed by atoms with van der Waals surface area (Å²) in [6.07, 6.45) is 6.42. The van der Waals surface area contributed by atoms with Crippen LogP contribution in [0.25, 0.3) is 22.2 Å². The minimum atomic E-state index is -0.314. The van der Waals surface area contributed by atoms with Gasteiger partial charge in [0.15, 0.2) is 11.5 Å². The molecule has 4 aromatic rings. The van der Waals surface area contributed by atoms with Crippen LogP contribution in [0.4, 0.5) is 5.69 Å². The second-order valence-electron chi connectivity index (χ2n) is 7.10. The summed E-state index contributed by atoms with van der Waals surface area (Å²) in [6.45, 7) is 0. The zero-order valence-electron chi connectivity index (χ0n) is 15.3. The Kier molecular flexibility index (Phi) is 4.13. The van der Waals surface area contributed by atoms with Gasteiger partial charge in [0.2, 0.25) is 0 Å². The lowest BCUT2D eigenvalue weighted by Gasteiger charge is -2.15. The molecule has 0 spiro atoms. The number of carbonyl (C=O) groups excluding carboxylic acids is 1. The highest BCUT2D eigenvalue weighted by Gasteiger charge is 2.17. The second kappa shape index (κ2) is 6.93. The van der Waals surface area contributed by atoms with E-state index in [0.717, 1.165) is 29.3 Å². The van der Waals surface area contributed by atoms with Gasteiger partial charge < -0.3 is 9.84 Å². The topological polar surface area (TPSA) is 68.0 Å². The molecule has 0 fully saturated rings. The van der Waals surface area contributed by atoms with Crippen LogP contribution >= 0.6 is 0 Å². The molecular weight excluding hydrogens is 350 g/mol. The van der Waals surface area contributed by atoms with E-state index in [4.69, 9.17) is 4.52 Å². The van der Waals surface area contributed by atoms with E-state index in [2.05, 4.69) is 27.6 Å². The normalized spacial score (nSPS) is 13.3.